The highest BCUT2D eigenvalue weighted by Crippen LogP contribution is 2.41. The Hall–Kier alpha value is -1.43. The van der Waals surface area contributed by atoms with Gasteiger partial charge in [-0.3, -0.25) is 0 Å². The molecule has 1 atom stereocenters. The molecule has 0 amide bonds. The van der Waals surface area contributed by atoms with E-state index >= 15 is 0 Å². The van der Waals surface area contributed by atoms with E-state index in [0.29, 0.717) is 24.8 Å². The van der Waals surface area contributed by atoms with Crippen LogP contribution in [0.2, 0.25) is 0 Å². The van der Waals surface area contributed by atoms with Crippen molar-refractivity contribution in [3.63, 3.8) is 0 Å². The number of hydrogen-bond acceptors (Lipinski definition) is 5. The van der Waals surface area contributed by atoms with E-state index in [9.17, 15) is 9.90 Å². The third-order valence-corrected chi connectivity index (χ3v) is 3.92. The minimum atomic E-state index is -0.886. The molecule has 0 radical (unpaired) electrons. The minimum absolute atomic E-state index is 0.0878. The zero-order valence-electron chi connectivity index (χ0n) is 12.6. The lowest BCUT2D eigenvalue weighted by Crippen LogP contribution is -2.37. The molecule has 0 bridgehead atoms. The number of aromatic nitrogens is 3. The van der Waals surface area contributed by atoms with Crippen LogP contribution < -0.4 is 0 Å². The lowest BCUT2D eigenvalue weighted by Gasteiger charge is -2.27. The Kier molecular flexibility index (Phi) is 4.13. The maximum Gasteiger partial charge on any atom is 0.360 e. The maximum atomic E-state index is 11.9. The van der Waals surface area contributed by atoms with Gasteiger partial charge in [-0.2, -0.15) is 0 Å². The summed E-state index contributed by atoms with van der Waals surface area (Å²) in [7, 11) is 0. The fourth-order valence-electron chi connectivity index (χ4n) is 2.03. The summed E-state index contributed by atoms with van der Waals surface area (Å²) in [6.07, 6.45) is 2.06. The number of carbonyl (C=O) groups is 1. The minimum Gasteiger partial charge on any atom is -0.461 e. The van der Waals surface area contributed by atoms with Gasteiger partial charge in [-0.25, -0.2) is 9.48 Å². The number of nitrogens with zero attached hydrogens (tertiary/aromatic N) is 3. The molecule has 1 saturated carbocycles. The average Bonchev–Trinajstić information content (AvgIpc) is 3.11. The topological polar surface area (TPSA) is 77.2 Å². The van der Waals surface area contributed by atoms with Crippen molar-refractivity contribution in [2.24, 2.45) is 5.92 Å². The molecule has 0 aromatic carbocycles. The molecular weight excluding hydrogens is 258 g/mol. The van der Waals surface area contributed by atoms with Crippen LogP contribution in [0, 0.1) is 5.92 Å². The Morgan fingerprint density at radius 3 is 2.70 bits per heavy atom. The first kappa shape index (κ1) is 15.0. The summed E-state index contributed by atoms with van der Waals surface area (Å²) >= 11 is 0. The van der Waals surface area contributed by atoms with E-state index in [2.05, 4.69) is 10.3 Å². The van der Waals surface area contributed by atoms with Crippen LogP contribution in [0.3, 0.4) is 0 Å². The molecule has 6 nitrogen and oxygen atoms in total. The summed E-state index contributed by atoms with van der Waals surface area (Å²) in [4.78, 5) is 11.9. The summed E-state index contributed by atoms with van der Waals surface area (Å²) in [5.41, 5.74) is 0.224. The van der Waals surface area contributed by atoms with Crippen LogP contribution in [0.25, 0.3) is 0 Å². The molecule has 1 heterocycles. The molecule has 20 heavy (non-hydrogen) atoms. The van der Waals surface area contributed by atoms with E-state index in [1.54, 1.807) is 18.5 Å². The molecule has 1 aliphatic rings. The molecule has 6 heteroatoms. The second kappa shape index (κ2) is 5.52. The van der Waals surface area contributed by atoms with E-state index in [4.69, 9.17) is 4.74 Å². The van der Waals surface area contributed by atoms with Crippen LogP contribution in [0.15, 0.2) is 0 Å². The number of hydrogen-bond donors (Lipinski definition) is 1. The van der Waals surface area contributed by atoms with Crippen LogP contribution in [0.4, 0.5) is 0 Å². The van der Waals surface area contributed by atoms with Crippen molar-refractivity contribution < 1.29 is 14.6 Å². The van der Waals surface area contributed by atoms with Crippen molar-refractivity contribution >= 4 is 5.97 Å². The molecule has 1 aromatic heterocycles. The normalized spacial score (nSPS) is 18.1. The van der Waals surface area contributed by atoms with E-state index in [0.717, 1.165) is 18.5 Å². The van der Waals surface area contributed by atoms with Crippen LogP contribution in [-0.4, -0.2) is 38.3 Å². The predicted molar refractivity (Wildman–Crippen MR) is 73.4 cm³/mol. The van der Waals surface area contributed by atoms with E-state index in [1.165, 1.54) is 0 Å². The molecular formula is C14H23N3O3. The third kappa shape index (κ3) is 3.00. The summed E-state index contributed by atoms with van der Waals surface area (Å²) in [6.45, 7) is 8.12. The monoisotopic (exact) mass is 281 g/mol. The summed E-state index contributed by atoms with van der Waals surface area (Å²) in [6, 6.07) is 0. The molecule has 1 unspecified atom stereocenters. The average molecular weight is 281 g/mol. The highest BCUT2D eigenvalue weighted by atomic mass is 16.5. The quantitative estimate of drug-likeness (QED) is 0.804. The van der Waals surface area contributed by atoms with Crippen molar-refractivity contribution in [1.29, 1.82) is 0 Å². The fraction of sp³-hybridized carbons (Fsp3) is 0.786. The lowest BCUT2D eigenvalue weighted by atomic mass is 9.92. The third-order valence-electron chi connectivity index (χ3n) is 3.92. The number of ether oxygens (including phenoxy) is 1. The molecule has 1 N–H and O–H groups in total. The summed E-state index contributed by atoms with van der Waals surface area (Å²) in [5, 5.41) is 18.4. The molecule has 1 fully saturated rings. The number of carbonyl (C=O) groups excluding carboxylic acids is 1. The Bertz CT molecular complexity index is 490. The SMILES string of the molecule is CCOC(=O)c1nnn(CC(C)(O)C(C)C)c1C1CC1. The molecule has 1 aromatic rings. The maximum absolute atomic E-state index is 11.9. The zero-order chi connectivity index (χ0) is 14.9. The molecule has 1 aliphatic carbocycles. The van der Waals surface area contributed by atoms with Gasteiger partial charge in [0.1, 0.15) is 0 Å². The van der Waals surface area contributed by atoms with Crippen molar-refractivity contribution in [2.45, 2.75) is 58.6 Å². The molecule has 112 valence electrons. The highest BCUT2D eigenvalue weighted by molar-refractivity contribution is 5.88. The smallest absolute Gasteiger partial charge is 0.360 e. The van der Waals surface area contributed by atoms with Crippen LogP contribution in [0.5, 0.6) is 0 Å². The van der Waals surface area contributed by atoms with Gasteiger partial charge in [-0.05, 0) is 32.6 Å². The van der Waals surface area contributed by atoms with Gasteiger partial charge in [0.15, 0.2) is 5.69 Å². The number of aliphatic hydroxyl groups is 1. The number of esters is 1. The Balaban J connectivity index is 2.28. The predicted octanol–water partition coefficient (Wildman–Crippen LogP) is 1.74. The van der Waals surface area contributed by atoms with Crippen molar-refractivity contribution in [2.75, 3.05) is 6.61 Å². The van der Waals surface area contributed by atoms with Gasteiger partial charge in [-0.15, -0.1) is 5.10 Å². The van der Waals surface area contributed by atoms with Gasteiger partial charge in [-0.1, -0.05) is 19.1 Å². The summed E-state index contributed by atoms with van der Waals surface area (Å²) < 4.78 is 6.69. The van der Waals surface area contributed by atoms with Crippen LogP contribution in [0.1, 0.15) is 62.6 Å². The van der Waals surface area contributed by atoms with E-state index < -0.39 is 11.6 Å². The fourth-order valence-corrected chi connectivity index (χ4v) is 2.03. The summed E-state index contributed by atoms with van der Waals surface area (Å²) in [5.74, 6) is -0.0259. The largest absolute Gasteiger partial charge is 0.461 e. The highest BCUT2D eigenvalue weighted by Gasteiger charge is 2.36. The first-order chi connectivity index (χ1) is 9.36. The first-order valence-corrected chi connectivity index (χ1v) is 7.19. The Morgan fingerprint density at radius 2 is 2.20 bits per heavy atom. The van der Waals surface area contributed by atoms with Gasteiger partial charge < -0.3 is 9.84 Å². The Labute approximate surface area is 119 Å². The number of rotatable bonds is 6. The standard InChI is InChI=1S/C14H23N3O3/c1-5-20-13(18)11-12(10-6-7-10)17(16-15-11)8-14(4,19)9(2)3/h9-10,19H,5-8H2,1-4H3. The Morgan fingerprint density at radius 1 is 1.55 bits per heavy atom. The van der Waals surface area contributed by atoms with Gasteiger partial charge in [0.05, 0.1) is 24.4 Å². The zero-order valence-corrected chi connectivity index (χ0v) is 12.6. The second-order valence-corrected chi connectivity index (χ2v) is 5.99. The molecule has 0 saturated heterocycles. The molecule has 0 aliphatic heterocycles. The van der Waals surface area contributed by atoms with Crippen LogP contribution >= 0.6 is 0 Å². The van der Waals surface area contributed by atoms with Gasteiger partial charge in [0, 0.05) is 5.92 Å². The van der Waals surface area contributed by atoms with Gasteiger partial charge in [0.2, 0.25) is 0 Å². The molecule has 0 spiro atoms. The lowest BCUT2D eigenvalue weighted by molar-refractivity contribution is -0.00685. The van der Waals surface area contributed by atoms with Crippen molar-refractivity contribution in [1.82, 2.24) is 15.0 Å². The van der Waals surface area contributed by atoms with Gasteiger partial charge >= 0.3 is 5.97 Å². The van der Waals surface area contributed by atoms with Crippen molar-refractivity contribution in [3.8, 4) is 0 Å². The second-order valence-electron chi connectivity index (χ2n) is 5.99. The van der Waals surface area contributed by atoms with E-state index in [1.807, 2.05) is 13.8 Å². The first-order valence-electron chi connectivity index (χ1n) is 7.19. The molecule has 2 rings (SSSR count). The van der Waals surface area contributed by atoms with Gasteiger partial charge in [0.25, 0.3) is 0 Å². The van der Waals surface area contributed by atoms with E-state index in [-0.39, 0.29) is 5.92 Å². The van der Waals surface area contributed by atoms with Crippen LogP contribution in [-0.2, 0) is 11.3 Å². The van der Waals surface area contributed by atoms with Crippen molar-refractivity contribution in [3.05, 3.63) is 11.4 Å².